The summed E-state index contributed by atoms with van der Waals surface area (Å²) in [5.41, 5.74) is 1.57. The monoisotopic (exact) mass is 273 g/mol. The van der Waals surface area contributed by atoms with Crippen LogP contribution in [0.2, 0.25) is 0 Å². The van der Waals surface area contributed by atoms with Crippen molar-refractivity contribution in [3.63, 3.8) is 0 Å². The average Bonchev–Trinajstić information content (AvgIpc) is 2.48. The fourth-order valence-corrected chi connectivity index (χ4v) is 2.22. The maximum Gasteiger partial charge on any atom is 0.120 e. The Morgan fingerprint density at radius 1 is 1.05 bits per heavy atom. The number of aromatic hydroxyl groups is 2. The van der Waals surface area contributed by atoms with Gasteiger partial charge in [0.2, 0.25) is 0 Å². The van der Waals surface area contributed by atoms with Gasteiger partial charge in [0, 0.05) is 11.6 Å². The van der Waals surface area contributed by atoms with E-state index in [0.717, 1.165) is 5.56 Å². The van der Waals surface area contributed by atoms with Crippen molar-refractivity contribution in [3.05, 3.63) is 59.7 Å². The van der Waals surface area contributed by atoms with Gasteiger partial charge < -0.3 is 20.6 Å². The highest BCUT2D eigenvalue weighted by molar-refractivity contribution is 5.40. The molecule has 0 aromatic heterocycles. The van der Waals surface area contributed by atoms with Crippen LogP contribution in [-0.2, 0) is 0 Å². The first-order valence-electron chi connectivity index (χ1n) is 6.55. The Kier molecular flexibility index (Phi) is 4.61. The number of nitrogens with one attached hydrogen (secondary N) is 1. The molecule has 0 aliphatic carbocycles. The summed E-state index contributed by atoms with van der Waals surface area (Å²) in [5, 5.41) is 32.1. The molecule has 0 fully saturated rings. The van der Waals surface area contributed by atoms with Gasteiger partial charge in [0.25, 0.3) is 0 Å². The molecule has 0 aliphatic rings. The smallest absolute Gasteiger partial charge is 0.120 e. The summed E-state index contributed by atoms with van der Waals surface area (Å²) in [6.07, 6.45) is 0. The van der Waals surface area contributed by atoms with Gasteiger partial charge in [-0.05, 0) is 30.7 Å². The highest BCUT2D eigenvalue weighted by Gasteiger charge is 2.17. The predicted octanol–water partition coefficient (Wildman–Crippen LogP) is 2.48. The lowest BCUT2D eigenvalue weighted by atomic mass is 10.0. The first kappa shape index (κ1) is 14.4. The summed E-state index contributed by atoms with van der Waals surface area (Å²) >= 11 is 0. The molecule has 4 N–H and O–H groups in total. The lowest BCUT2D eigenvalue weighted by Crippen LogP contribution is -2.27. The molecule has 0 heterocycles. The van der Waals surface area contributed by atoms with E-state index < -0.39 is 0 Å². The van der Waals surface area contributed by atoms with E-state index in [1.807, 2.05) is 37.3 Å². The van der Waals surface area contributed by atoms with Gasteiger partial charge in [-0.1, -0.05) is 30.3 Å². The minimum absolute atomic E-state index is 0.0477. The van der Waals surface area contributed by atoms with Gasteiger partial charge in [0.1, 0.15) is 11.5 Å². The Hall–Kier alpha value is -2.04. The largest absolute Gasteiger partial charge is 0.508 e. The Labute approximate surface area is 118 Å². The second kappa shape index (κ2) is 6.41. The van der Waals surface area contributed by atoms with Gasteiger partial charge in [0.05, 0.1) is 12.6 Å². The standard InChI is InChI=1S/C16H19NO3/c1-11(14-9-13(19)7-8-16(14)20)17-15(10-18)12-5-3-2-4-6-12/h2-9,11,15,17-20H,10H2,1H3/t11?,15-/m0/s1. The summed E-state index contributed by atoms with van der Waals surface area (Å²) in [7, 11) is 0. The number of aliphatic hydroxyl groups excluding tert-OH is 1. The third-order valence-electron chi connectivity index (χ3n) is 3.31. The molecule has 2 aromatic rings. The summed E-state index contributed by atoms with van der Waals surface area (Å²) in [4.78, 5) is 0. The van der Waals surface area contributed by atoms with Crippen molar-refractivity contribution < 1.29 is 15.3 Å². The molecule has 2 aromatic carbocycles. The molecular formula is C16H19NO3. The van der Waals surface area contributed by atoms with Crippen molar-refractivity contribution in [2.45, 2.75) is 19.0 Å². The average molecular weight is 273 g/mol. The van der Waals surface area contributed by atoms with E-state index in [1.54, 1.807) is 0 Å². The van der Waals surface area contributed by atoms with Crippen molar-refractivity contribution in [3.8, 4) is 11.5 Å². The highest BCUT2D eigenvalue weighted by atomic mass is 16.3. The first-order valence-corrected chi connectivity index (χ1v) is 6.55. The van der Waals surface area contributed by atoms with Crippen molar-refractivity contribution in [1.82, 2.24) is 5.32 Å². The molecule has 20 heavy (non-hydrogen) atoms. The molecule has 2 atom stereocenters. The third-order valence-corrected chi connectivity index (χ3v) is 3.31. The van der Waals surface area contributed by atoms with Crippen LogP contribution in [0, 0.1) is 0 Å². The molecular weight excluding hydrogens is 254 g/mol. The summed E-state index contributed by atoms with van der Waals surface area (Å²) in [5.74, 6) is 0.222. The quantitative estimate of drug-likeness (QED) is 0.632. The number of rotatable bonds is 5. The van der Waals surface area contributed by atoms with E-state index >= 15 is 0 Å². The second-order valence-corrected chi connectivity index (χ2v) is 4.78. The SMILES string of the molecule is CC(N[C@@H](CO)c1ccccc1)c1cc(O)ccc1O. The molecule has 1 unspecified atom stereocenters. The molecule has 106 valence electrons. The number of phenolic OH excluding ortho intramolecular Hbond substituents is 2. The Bertz CT molecular complexity index is 557. The van der Waals surface area contributed by atoms with Crippen molar-refractivity contribution >= 4 is 0 Å². The molecule has 4 nitrogen and oxygen atoms in total. The van der Waals surface area contributed by atoms with E-state index in [2.05, 4.69) is 5.32 Å². The van der Waals surface area contributed by atoms with Crippen LogP contribution in [0.15, 0.2) is 48.5 Å². The highest BCUT2D eigenvalue weighted by Crippen LogP contribution is 2.29. The van der Waals surface area contributed by atoms with Crippen LogP contribution in [0.1, 0.15) is 30.1 Å². The first-order chi connectivity index (χ1) is 9.61. The van der Waals surface area contributed by atoms with Crippen LogP contribution in [0.4, 0.5) is 0 Å². The van der Waals surface area contributed by atoms with Crippen molar-refractivity contribution in [1.29, 1.82) is 0 Å². The zero-order valence-electron chi connectivity index (χ0n) is 11.3. The van der Waals surface area contributed by atoms with Crippen molar-refractivity contribution in [2.75, 3.05) is 6.61 Å². The van der Waals surface area contributed by atoms with E-state index in [9.17, 15) is 15.3 Å². The van der Waals surface area contributed by atoms with Crippen LogP contribution < -0.4 is 5.32 Å². The molecule has 2 rings (SSSR count). The fourth-order valence-electron chi connectivity index (χ4n) is 2.22. The van der Waals surface area contributed by atoms with Crippen LogP contribution in [0.5, 0.6) is 11.5 Å². The molecule has 4 heteroatoms. The maximum atomic E-state index is 9.85. The number of phenols is 2. The molecule has 0 saturated carbocycles. The van der Waals surface area contributed by atoms with Gasteiger partial charge >= 0.3 is 0 Å². The van der Waals surface area contributed by atoms with E-state index in [4.69, 9.17) is 0 Å². The summed E-state index contributed by atoms with van der Waals surface area (Å²) in [6, 6.07) is 13.6. The maximum absolute atomic E-state index is 9.85. The minimum atomic E-state index is -0.229. The fraction of sp³-hybridized carbons (Fsp3) is 0.250. The molecule has 0 amide bonds. The van der Waals surface area contributed by atoms with Gasteiger partial charge in [-0.15, -0.1) is 0 Å². The van der Waals surface area contributed by atoms with E-state index in [-0.39, 0.29) is 30.2 Å². The van der Waals surface area contributed by atoms with Gasteiger partial charge in [-0.25, -0.2) is 0 Å². The van der Waals surface area contributed by atoms with E-state index in [1.165, 1.54) is 18.2 Å². The zero-order chi connectivity index (χ0) is 14.5. The third kappa shape index (κ3) is 3.29. The minimum Gasteiger partial charge on any atom is -0.508 e. The van der Waals surface area contributed by atoms with Gasteiger partial charge in [-0.3, -0.25) is 0 Å². The number of benzene rings is 2. The zero-order valence-corrected chi connectivity index (χ0v) is 11.3. The lowest BCUT2D eigenvalue weighted by Gasteiger charge is -2.23. The number of aliphatic hydroxyl groups is 1. The number of hydrogen-bond donors (Lipinski definition) is 4. The molecule has 0 aliphatic heterocycles. The number of hydrogen-bond acceptors (Lipinski definition) is 4. The summed E-state index contributed by atoms with van der Waals surface area (Å²) < 4.78 is 0. The second-order valence-electron chi connectivity index (χ2n) is 4.78. The van der Waals surface area contributed by atoms with E-state index in [0.29, 0.717) is 5.56 Å². The van der Waals surface area contributed by atoms with Crippen LogP contribution in [0.3, 0.4) is 0 Å². The van der Waals surface area contributed by atoms with Crippen LogP contribution in [-0.4, -0.2) is 21.9 Å². The van der Waals surface area contributed by atoms with Crippen molar-refractivity contribution in [2.24, 2.45) is 0 Å². The van der Waals surface area contributed by atoms with Gasteiger partial charge in [0.15, 0.2) is 0 Å². The normalized spacial score (nSPS) is 13.9. The van der Waals surface area contributed by atoms with Crippen LogP contribution in [0.25, 0.3) is 0 Å². The molecule has 0 bridgehead atoms. The van der Waals surface area contributed by atoms with Gasteiger partial charge in [-0.2, -0.15) is 0 Å². The Balaban J connectivity index is 2.17. The Morgan fingerprint density at radius 2 is 1.75 bits per heavy atom. The predicted molar refractivity (Wildman–Crippen MR) is 77.6 cm³/mol. The summed E-state index contributed by atoms with van der Waals surface area (Å²) in [6.45, 7) is 1.83. The molecule has 0 spiro atoms. The lowest BCUT2D eigenvalue weighted by molar-refractivity contribution is 0.234. The molecule has 0 saturated heterocycles. The topological polar surface area (TPSA) is 72.7 Å². The van der Waals surface area contributed by atoms with Crippen LogP contribution >= 0.6 is 0 Å². The molecule has 0 radical (unpaired) electrons. The Morgan fingerprint density at radius 3 is 2.40 bits per heavy atom.